The van der Waals surface area contributed by atoms with E-state index in [2.05, 4.69) is 15.1 Å². The maximum absolute atomic E-state index is 5.61. The van der Waals surface area contributed by atoms with E-state index in [9.17, 15) is 0 Å². The third-order valence-corrected chi connectivity index (χ3v) is 2.36. The second-order valence-electron chi connectivity index (χ2n) is 3.42. The summed E-state index contributed by atoms with van der Waals surface area (Å²) in [4.78, 5) is 8.25. The van der Waals surface area contributed by atoms with Gasteiger partial charge in [-0.1, -0.05) is 6.07 Å². The molecule has 0 saturated heterocycles. The summed E-state index contributed by atoms with van der Waals surface area (Å²) >= 11 is 0. The highest BCUT2D eigenvalue weighted by Gasteiger charge is 2.07. The Morgan fingerprint density at radius 2 is 2.06 bits per heavy atom. The molecule has 0 unspecified atom stereocenters. The Kier molecular flexibility index (Phi) is 1.83. The first-order valence-corrected chi connectivity index (χ1v) is 4.85. The van der Waals surface area contributed by atoms with E-state index in [0.717, 1.165) is 16.8 Å². The number of nitrogens with two attached hydrogens (primary N) is 1. The van der Waals surface area contributed by atoms with E-state index in [1.807, 2.05) is 24.4 Å². The van der Waals surface area contributed by atoms with Crippen molar-refractivity contribution < 1.29 is 0 Å². The molecule has 0 spiro atoms. The fourth-order valence-corrected chi connectivity index (χ4v) is 1.64. The number of nitrogen functional groups attached to an aromatic ring is 1. The van der Waals surface area contributed by atoms with Gasteiger partial charge in [0, 0.05) is 11.8 Å². The van der Waals surface area contributed by atoms with Crippen LogP contribution in [0.25, 0.3) is 16.8 Å². The quantitative estimate of drug-likeness (QED) is 0.660. The maximum Gasteiger partial charge on any atom is 0.142 e. The number of fused-ring (bicyclic) bond motifs is 1. The summed E-state index contributed by atoms with van der Waals surface area (Å²) in [6, 6.07) is 5.86. The van der Waals surface area contributed by atoms with E-state index < -0.39 is 0 Å². The third-order valence-electron chi connectivity index (χ3n) is 2.36. The van der Waals surface area contributed by atoms with Crippen LogP contribution in [0, 0.1) is 0 Å². The molecule has 16 heavy (non-hydrogen) atoms. The molecule has 3 heterocycles. The first-order chi connectivity index (χ1) is 7.84. The molecular weight excluding hydrogens is 202 g/mol. The van der Waals surface area contributed by atoms with Crippen LogP contribution in [0.1, 0.15) is 0 Å². The highest BCUT2D eigenvalue weighted by molar-refractivity contribution is 5.77. The van der Waals surface area contributed by atoms with E-state index in [1.54, 1.807) is 16.9 Å². The zero-order valence-electron chi connectivity index (χ0n) is 8.41. The van der Waals surface area contributed by atoms with Gasteiger partial charge in [0.05, 0.1) is 29.8 Å². The van der Waals surface area contributed by atoms with E-state index in [4.69, 9.17) is 5.73 Å². The van der Waals surface area contributed by atoms with Gasteiger partial charge in [-0.15, -0.1) is 0 Å². The lowest BCUT2D eigenvalue weighted by atomic mass is 10.2. The average Bonchev–Trinajstić information content (AvgIpc) is 2.72. The largest absolute Gasteiger partial charge is 0.382 e. The summed E-state index contributed by atoms with van der Waals surface area (Å²) in [5, 5.41) is 4.23. The lowest BCUT2D eigenvalue weighted by molar-refractivity contribution is 0.961. The van der Waals surface area contributed by atoms with Crippen LogP contribution in [0.3, 0.4) is 0 Å². The van der Waals surface area contributed by atoms with Crippen LogP contribution in [0.2, 0.25) is 0 Å². The summed E-state index contributed by atoms with van der Waals surface area (Å²) in [7, 11) is 0. The molecule has 5 nitrogen and oxygen atoms in total. The fraction of sp³-hybridized carbons (Fsp3) is 0. The first kappa shape index (κ1) is 8.84. The molecule has 0 atom stereocenters. The molecule has 2 N–H and O–H groups in total. The van der Waals surface area contributed by atoms with Gasteiger partial charge in [-0.25, -0.2) is 9.50 Å². The second kappa shape index (κ2) is 3.30. The van der Waals surface area contributed by atoms with Gasteiger partial charge in [0.2, 0.25) is 0 Å². The Morgan fingerprint density at radius 3 is 2.94 bits per heavy atom. The normalized spacial score (nSPS) is 10.8. The van der Waals surface area contributed by atoms with Gasteiger partial charge in [0.1, 0.15) is 5.82 Å². The van der Waals surface area contributed by atoms with Gasteiger partial charge in [-0.05, 0) is 12.1 Å². The monoisotopic (exact) mass is 211 g/mol. The lowest BCUT2D eigenvalue weighted by Gasteiger charge is -1.98. The topological polar surface area (TPSA) is 69.1 Å². The van der Waals surface area contributed by atoms with Gasteiger partial charge in [-0.2, -0.15) is 5.10 Å². The summed E-state index contributed by atoms with van der Waals surface area (Å²) < 4.78 is 1.79. The molecule has 0 aromatic carbocycles. The van der Waals surface area contributed by atoms with Crippen molar-refractivity contribution in [1.29, 1.82) is 0 Å². The smallest absolute Gasteiger partial charge is 0.142 e. The number of rotatable bonds is 1. The molecule has 0 aliphatic heterocycles. The average molecular weight is 211 g/mol. The van der Waals surface area contributed by atoms with E-state index in [0.29, 0.717) is 5.82 Å². The number of pyridine rings is 1. The van der Waals surface area contributed by atoms with Crippen LogP contribution in [0.5, 0.6) is 0 Å². The third kappa shape index (κ3) is 1.30. The zero-order chi connectivity index (χ0) is 11.0. The van der Waals surface area contributed by atoms with Crippen LogP contribution >= 0.6 is 0 Å². The maximum atomic E-state index is 5.61. The van der Waals surface area contributed by atoms with E-state index >= 15 is 0 Å². The van der Waals surface area contributed by atoms with Crippen molar-refractivity contribution in [1.82, 2.24) is 19.6 Å². The highest BCUT2D eigenvalue weighted by Crippen LogP contribution is 2.21. The Morgan fingerprint density at radius 1 is 1.12 bits per heavy atom. The SMILES string of the molecule is Nc1cncc(-c2cnn3ccccc23)n1. The molecule has 3 aromatic heterocycles. The molecule has 0 radical (unpaired) electrons. The van der Waals surface area contributed by atoms with Crippen molar-refractivity contribution in [2.75, 3.05) is 5.73 Å². The Bertz CT molecular complexity index is 643. The Labute approximate surface area is 91.6 Å². The Hall–Kier alpha value is -2.43. The standard InChI is InChI=1S/C11H9N5/c12-11-7-13-6-9(15-11)8-5-14-16-4-2-1-3-10(8)16/h1-7H,(H2,12,15). The van der Waals surface area contributed by atoms with Crippen LogP contribution in [0.15, 0.2) is 43.0 Å². The van der Waals surface area contributed by atoms with Crippen molar-refractivity contribution in [2.45, 2.75) is 0 Å². The van der Waals surface area contributed by atoms with Gasteiger partial charge in [0.25, 0.3) is 0 Å². The Balaban J connectivity index is 2.26. The van der Waals surface area contributed by atoms with Gasteiger partial charge < -0.3 is 5.73 Å². The summed E-state index contributed by atoms with van der Waals surface area (Å²) in [5.41, 5.74) is 8.26. The van der Waals surface area contributed by atoms with E-state index in [1.165, 1.54) is 6.20 Å². The number of aromatic nitrogens is 4. The number of anilines is 1. The summed E-state index contributed by atoms with van der Waals surface area (Å²) in [5.74, 6) is 0.410. The molecule has 0 aliphatic carbocycles. The molecule has 0 saturated carbocycles. The summed E-state index contributed by atoms with van der Waals surface area (Å²) in [6.07, 6.45) is 6.85. The van der Waals surface area contributed by atoms with Crippen molar-refractivity contribution >= 4 is 11.3 Å². The predicted octanol–water partition coefficient (Wildman–Crippen LogP) is 1.37. The fourth-order valence-electron chi connectivity index (χ4n) is 1.64. The van der Waals surface area contributed by atoms with Gasteiger partial charge >= 0.3 is 0 Å². The number of nitrogens with zero attached hydrogens (tertiary/aromatic N) is 4. The molecule has 78 valence electrons. The molecule has 0 fully saturated rings. The zero-order valence-corrected chi connectivity index (χ0v) is 8.41. The number of hydrogen-bond donors (Lipinski definition) is 1. The van der Waals surface area contributed by atoms with Crippen LogP contribution in [-0.4, -0.2) is 19.6 Å². The van der Waals surface area contributed by atoms with E-state index in [-0.39, 0.29) is 0 Å². The molecule has 0 aliphatic rings. The number of hydrogen-bond acceptors (Lipinski definition) is 4. The molecular formula is C11H9N5. The van der Waals surface area contributed by atoms with Crippen molar-refractivity contribution in [3.05, 3.63) is 43.0 Å². The van der Waals surface area contributed by atoms with Gasteiger partial charge in [-0.3, -0.25) is 4.98 Å². The first-order valence-electron chi connectivity index (χ1n) is 4.85. The summed E-state index contributed by atoms with van der Waals surface area (Å²) in [6.45, 7) is 0. The minimum absolute atomic E-state index is 0.410. The molecule has 5 heteroatoms. The minimum Gasteiger partial charge on any atom is -0.382 e. The van der Waals surface area contributed by atoms with Crippen LogP contribution in [0.4, 0.5) is 5.82 Å². The van der Waals surface area contributed by atoms with Crippen molar-refractivity contribution in [2.24, 2.45) is 0 Å². The molecule has 3 rings (SSSR count). The van der Waals surface area contributed by atoms with Gasteiger partial charge in [0.15, 0.2) is 0 Å². The molecule has 0 amide bonds. The minimum atomic E-state index is 0.410. The lowest BCUT2D eigenvalue weighted by Crippen LogP contribution is -1.93. The van der Waals surface area contributed by atoms with Crippen LogP contribution < -0.4 is 5.73 Å². The van der Waals surface area contributed by atoms with Crippen molar-refractivity contribution in [3.63, 3.8) is 0 Å². The highest BCUT2D eigenvalue weighted by atomic mass is 15.2. The van der Waals surface area contributed by atoms with Crippen LogP contribution in [-0.2, 0) is 0 Å². The molecule has 0 bridgehead atoms. The van der Waals surface area contributed by atoms with Crippen molar-refractivity contribution in [3.8, 4) is 11.3 Å². The molecule has 3 aromatic rings. The predicted molar refractivity (Wildman–Crippen MR) is 60.6 cm³/mol. The second-order valence-corrected chi connectivity index (χ2v) is 3.42.